The minimum absolute atomic E-state index is 0.311. The van der Waals surface area contributed by atoms with Crippen LogP contribution in [0.5, 0.6) is 0 Å². The molecule has 0 aromatic carbocycles. The number of rotatable bonds is 4. The first-order valence-electron chi connectivity index (χ1n) is 5.45. The number of aryl methyl sites for hydroxylation is 1. The Bertz CT molecular complexity index is 423. The van der Waals surface area contributed by atoms with Gasteiger partial charge in [-0.25, -0.2) is 4.98 Å². The fraction of sp³-hybridized carbons (Fsp3) is 0.700. The number of hydrogen-bond donors (Lipinski definition) is 2. The highest BCUT2D eigenvalue weighted by atomic mass is 32.2. The molecule has 0 aliphatic heterocycles. The summed E-state index contributed by atoms with van der Waals surface area (Å²) >= 11 is 3.04. The molecule has 5 nitrogen and oxygen atoms in total. The second kappa shape index (κ2) is 4.91. The Hall–Kier alpha value is -0.660. The molecule has 0 spiro atoms. The number of nitrogens with one attached hydrogen (secondary N) is 1. The first-order valence-corrected chi connectivity index (χ1v) is 7.10. The fourth-order valence-corrected chi connectivity index (χ4v) is 4.29. The molecule has 7 heteroatoms. The minimum Gasteiger partial charge on any atom is -0.480 e. The van der Waals surface area contributed by atoms with Gasteiger partial charge in [-0.3, -0.25) is 4.79 Å². The summed E-state index contributed by atoms with van der Waals surface area (Å²) < 4.78 is 5.06. The van der Waals surface area contributed by atoms with Crippen LogP contribution < -0.4 is 5.32 Å². The molecule has 2 atom stereocenters. The lowest BCUT2D eigenvalue weighted by atomic mass is 9.99. The largest absolute Gasteiger partial charge is 0.480 e. The highest BCUT2D eigenvalue weighted by molar-refractivity contribution is 8.01. The predicted molar refractivity (Wildman–Crippen MR) is 67.6 cm³/mol. The quantitative estimate of drug-likeness (QED) is 0.866. The summed E-state index contributed by atoms with van der Waals surface area (Å²) in [5, 5.41) is 12.5. The molecule has 2 unspecified atom stereocenters. The topological polar surface area (TPSA) is 75.1 Å². The van der Waals surface area contributed by atoms with Crippen LogP contribution in [0.15, 0.2) is 4.34 Å². The van der Waals surface area contributed by atoms with Gasteiger partial charge in [0.25, 0.3) is 0 Å². The van der Waals surface area contributed by atoms with E-state index in [4.69, 9.17) is 0 Å². The highest BCUT2D eigenvalue weighted by Gasteiger charge is 2.44. The van der Waals surface area contributed by atoms with Crippen molar-refractivity contribution < 1.29 is 9.90 Å². The number of carboxylic acid groups (broad SMARTS) is 1. The lowest BCUT2D eigenvalue weighted by molar-refractivity contribution is -0.144. The molecule has 2 N–H and O–H groups in total. The highest BCUT2D eigenvalue weighted by Crippen LogP contribution is 2.40. The Morgan fingerprint density at radius 2 is 2.47 bits per heavy atom. The number of carbonyl (C=O) groups is 1. The molecule has 0 saturated heterocycles. The average Bonchev–Trinajstić information content (AvgIpc) is 2.87. The summed E-state index contributed by atoms with van der Waals surface area (Å²) in [6.07, 6.45) is 2.22. The molecule has 1 saturated carbocycles. The van der Waals surface area contributed by atoms with Crippen molar-refractivity contribution in [1.82, 2.24) is 14.7 Å². The molecule has 1 aliphatic rings. The van der Waals surface area contributed by atoms with E-state index in [-0.39, 0.29) is 0 Å². The molecular formula is C10H15N3O2S2. The zero-order valence-electron chi connectivity index (χ0n) is 9.77. The van der Waals surface area contributed by atoms with Gasteiger partial charge >= 0.3 is 5.97 Å². The summed E-state index contributed by atoms with van der Waals surface area (Å²) in [5.41, 5.74) is -0.753. The van der Waals surface area contributed by atoms with Crippen LogP contribution >= 0.6 is 23.3 Å². The Morgan fingerprint density at radius 1 is 1.71 bits per heavy atom. The number of nitrogens with zero attached hydrogens (tertiary/aromatic N) is 2. The third-order valence-electron chi connectivity index (χ3n) is 3.13. The zero-order chi connectivity index (χ0) is 12.5. The number of aromatic nitrogens is 2. The van der Waals surface area contributed by atoms with E-state index >= 15 is 0 Å². The van der Waals surface area contributed by atoms with Crippen molar-refractivity contribution in [3.8, 4) is 0 Å². The zero-order valence-corrected chi connectivity index (χ0v) is 11.4. The van der Waals surface area contributed by atoms with Crippen LogP contribution in [0.1, 0.15) is 25.1 Å². The third-order valence-corrected chi connectivity index (χ3v) is 5.28. The average molecular weight is 273 g/mol. The Labute approximate surface area is 108 Å². The van der Waals surface area contributed by atoms with Gasteiger partial charge in [-0.05, 0) is 44.8 Å². The normalized spacial score (nSPS) is 28.5. The number of aliphatic carboxylic acids is 1. The van der Waals surface area contributed by atoms with Gasteiger partial charge in [0.05, 0.1) is 0 Å². The molecule has 1 heterocycles. The van der Waals surface area contributed by atoms with E-state index in [1.54, 1.807) is 18.8 Å². The van der Waals surface area contributed by atoms with Gasteiger partial charge in [0.1, 0.15) is 11.4 Å². The van der Waals surface area contributed by atoms with Gasteiger partial charge in [0.2, 0.25) is 0 Å². The van der Waals surface area contributed by atoms with Crippen molar-refractivity contribution in [3.63, 3.8) is 0 Å². The van der Waals surface area contributed by atoms with Crippen molar-refractivity contribution in [2.75, 3.05) is 7.05 Å². The van der Waals surface area contributed by atoms with Crippen molar-refractivity contribution in [2.45, 2.75) is 41.3 Å². The van der Waals surface area contributed by atoms with Gasteiger partial charge in [-0.15, -0.1) is 0 Å². The summed E-state index contributed by atoms with van der Waals surface area (Å²) in [5.74, 6) is 0.0326. The summed E-state index contributed by atoms with van der Waals surface area (Å²) in [6.45, 7) is 1.87. The van der Waals surface area contributed by atoms with E-state index in [9.17, 15) is 9.90 Å². The van der Waals surface area contributed by atoms with Crippen LogP contribution in [-0.2, 0) is 4.79 Å². The number of hydrogen-bond acceptors (Lipinski definition) is 6. The van der Waals surface area contributed by atoms with Crippen molar-refractivity contribution in [3.05, 3.63) is 5.82 Å². The monoisotopic (exact) mass is 273 g/mol. The number of thioether (sulfide) groups is 1. The molecule has 1 aromatic rings. The van der Waals surface area contributed by atoms with Crippen molar-refractivity contribution in [1.29, 1.82) is 0 Å². The second-order valence-corrected chi connectivity index (χ2v) is 6.53. The van der Waals surface area contributed by atoms with Gasteiger partial charge in [0, 0.05) is 5.25 Å². The summed E-state index contributed by atoms with van der Waals surface area (Å²) in [4.78, 5) is 15.6. The van der Waals surface area contributed by atoms with Crippen LogP contribution in [0, 0.1) is 6.92 Å². The Morgan fingerprint density at radius 3 is 2.94 bits per heavy atom. The van der Waals surface area contributed by atoms with E-state index in [1.807, 2.05) is 6.92 Å². The van der Waals surface area contributed by atoms with E-state index < -0.39 is 11.5 Å². The molecular weight excluding hydrogens is 258 g/mol. The summed E-state index contributed by atoms with van der Waals surface area (Å²) in [7, 11) is 1.72. The van der Waals surface area contributed by atoms with Crippen LogP contribution in [0.2, 0.25) is 0 Å². The van der Waals surface area contributed by atoms with Crippen LogP contribution in [0.25, 0.3) is 0 Å². The number of likely N-dealkylation sites (N-methyl/N-ethyl adjacent to an activating group) is 1. The smallest absolute Gasteiger partial charge is 0.323 e. The molecule has 0 radical (unpaired) electrons. The van der Waals surface area contributed by atoms with Gasteiger partial charge in [0.15, 0.2) is 4.34 Å². The standard InChI is InChI=1S/C10H15N3O2S2/c1-6-12-9(17-13-6)16-7-3-4-10(5-7,11-2)8(14)15/h7,11H,3-5H2,1-2H3,(H,14,15). The van der Waals surface area contributed by atoms with E-state index in [0.29, 0.717) is 18.1 Å². The van der Waals surface area contributed by atoms with Crippen LogP contribution in [0.4, 0.5) is 0 Å². The lowest BCUT2D eigenvalue weighted by Crippen LogP contribution is -2.48. The summed E-state index contributed by atoms with van der Waals surface area (Å²) in [6, 6.07) is 0. The minimum atomic E-state index is -0.753. The molecule has 2 rings (SSSR count). The second-order valence-electron chi connectivity index (χ2n) is 4.23. The maximum Gasteiger partial charge on any atom is 0.323 e. The first kappa shape index (κ1) is 12.8. The van der Waals surface area contributed by atoms with Gasteiger partial charge < -0.3 is 10.4 Å². The van der Waals surface area contributed by atoms with Gasteiger partial charge in [-0.1, -0.05) is 11.8 Å². The van der Waals surface area contributed by atoms with E-state index in [2.05, 4.69) is 14.7 Å². The molecule has 0 amide bonds. The maximum absolute atomic E-state index is 11.3. The molecule has 1 aliphatic carbocycles. The fourth-order valence-electron chi connectivity index (χ4n) is 2.10. The third kappa shape index (κ3) is 2.61. The molecule has 0 bridgehead atoms. The first-order chi connectivity index (χ1) is 8.05. The Balaban J connectivity index is 2.00. The number of carboxylic acids is 1. The molecule has 1 fully saturated rings. The Kier molecular flexibility index (Phi) is 3.70. The molecule has 94 valence electrons. The SMILES string of the molecule is CNC1(C(=O)O)CCC(Sc2nc(C)ns2)C1. The van der Waals surface area contributed by atoms with Crippen LogP contribution in [0.3, 0.4) is 0 Å². The van der Waals surface area contributed by atoms with Crippen molar-refractivity contribution >= 4 is 29.3 Å². The van der Waals surface area contributed by atoms with E-state index in [0.717, 1.165) is 16.6 Å². The maximum atomic E-state index is 11.3. The lowest BCUT2D eigenvalue weighted by Gasteiger charge is -2.23. The molecule has 17 heavy (non-hydrogen) atoms. The predicted octanol–water partition coefficient (Wildman–Crippen LogP) is 1.53. The van der Waals surface area contributed by atoms with Crippen LogP contribution in [-0.4, -0.2) is 38.3 Å². The van der Waals surface area contributed by atoms with Crippen molar-refractivity contribution in [2.24, 2.45) is 0 Å². The van der Waals surface area contributed by atoms with E-state index in [1.165, 1.54) is 11.5 Å². The van der Waals surface area contributed by atoms with Gasteiger partial charge in [-0.2, -0.15) is 4.37 Å². The molecule has 1 aromatic heterocycles.